The molecule has 0 bridgehead atoms. The minimum Gasteiger partial charge on any atom is -0.462 e. The lowest BCUT2D eigenvalue weighted by molar-refractivity contribution is -0.174. The summed E-state index contributed by atoms with van der Waals surface area (Å²) in [5, 5.41) is 5.26. The molecule has 1 aliphatic rings. The lowest BCUT2D eigenvalue weighted by atomic mass is 9.97. The summed E-state index contributed by atoms with van der Waals surface area (Å²) in [6.45, 7) is 0. The molecule has 1 aliphatic heterocycles. The van der Waals surface area contributed by atoms with Gasteiger partial charge >= 0.3 is 6.18 Å². The minimum atomic E-state index is -4.50. The number of halogens is 4. The SMILES string of the molecule is CS(=O)(=O)c1ccc(C2CC(C(F)(F)F)NC(Oc3ccc(F)cc3)N2)cc1. The highest BCUT2D eigenvalue weighted by atomic mass is 32.2. The molecule has 2 aromatic carbocycles. The molecule has 152 valence electrons. The molecule has 0 aliphatic carbocycles. The van der Waals surface area contributed by atoms with Crippen LogP contribution >= 0.6 is 0 Å². The summed E-state index contributed by atoms with van der Waals surface area (Å²) in [7, 11) is -3.41. The predicted octanol–water partition coefficient (Wildman–Crippen LogP) is 3.15. The maximum absolute atomic E-state index is 13.3. The largest absolute Gasteiger partial charge is 0.462 e. The summed E-state index contributed by atoms with van der Waals surface area (Å²) in [5.41, 5.74) is 0.496. The monoisotopic (exact) mass is 418 g/mol. The molecule has 0 spiro atoms. The molecule has 28 heavy (non-hydrogen) atoms. The smallest absolute Gasteiger partial charge is 0.404 e. The predicted molar refractivity (Wildman–Crippen MR) is 93.8 cm³/mol. The topological polar surface area (TPSA) is 67.4 Å². The van der Waals surface area contributed by atoms with Gasteiger partial charge in [-0.1, -0.05) is 12.1 Å². The van der Waals surface area contributed by atoms with Crippen LogP contribution in [-0.2, 0) is 9.84 Å². The standard InChI is InChI=1S/C18H18F4N2O3S/c1-28(25,26)14-8-2-11(3-9-14)15-10-16(18(20,21)22)24-17(23-15)27-13-6-4-12(19)5-7-13/h2-9,15-17,23-24H,10H2,1H3. The van der Waals surface area contributed by atoms with Crippen molar-refractivity contribution in [2.75, 3.05) is 6.26 Å². The van der Waals surface area contributed by atoms with Gasteiger partial charge in [0, 0.05) is 12.3 Å². The molecule has 0 radical (unpaired) electrons. The number of hydrogen-bond donors (Lipinski definition) is 2. The van der Waals surface area contributed by atoms with Crippen molar-refractivity contribution in [2.24, 2.45) is 0 Å². The average Bonchev–Trinajstić information content (AvgIpc) is 2.62. The van der Waals surface area contributed by atoms with E-state index in [-0.39, 0.29) is 17.1 Å². The number of nitrogens with one attached hydrogen (secondary N) is 2. The van der Waals surface area contributed by atoms with Crippen molar-refractivity contribution < 1.29 is 30.7 Å². The summed E-state index contributed by atoms with van der Waals surface area (Å²) in [4.78, 5) is 0.0802. The van der Waals surface area contributed by atoms with Crippen LogP contribution in [0.2, 0.25) is 0 Å². The molecule has 1 heterocycles. The Labute approximate surface area is 159 Å². The Morgan fingerprint density at radius 2 is 1.61 bits per heavy atom. The zero-order valence-corrected chi connectivity index (χ0v) is 15.5. The molecule has 1 saturated heterocycles. The maximum Gasteiger partial charge on any atom is 0.404 e. The van der Waals surface area contributed by atoms with Crippen LogP contribution in [-0.4, -0.2) is 33.2 Å². The fourth-order valence-electron chi connectivity index (χ4n) is 2.91. The first kappa shape index (κ1) is 20.6. The Balaban J connectivity index is 1.82. The van der Waals surface area contributed by atoms with Gasteiger partial charge in [0.25, 0.3) is 0 Å². The first-order valence-electron chi connectivity index (χ1n) is 8.33. The molecule has 2 N–H and O–H groups in total. The molecule has 3 atom stereocenters. The van der Waals surface area contributed by atoms with Crippen LogP contribution in [0.3, 0.4) is 0 Å². The molecule has 3 rings (SSSR count). The van der Waals surface area contributed by atoms with E-state index >= 15 is 0 Å². The van der Waals surface area contributed by atoms with Crippen molar-refractivity contribution in [3.05, 3.63) is 59.9 Å². The van der Waals surface area contributed by atoms with E-state index in [1.54, 1.807) is 0 Å². The van der Waals surface area contributed by atoms with Crippen LogP contribution in [0.5, 0.6) is 5.75 Å². The summed E-state index contributed by atoms with van der Waals surface area (Å²) in [5.74, 6) is -0.297. The second kappa shape index (κ2) is 7.69. The normalized spacial score (nSPS) is 23.4. The summed E-state index contributed by atoms with van der Waals surface area (Å²) in [6.07, 6.45) is -4.93. The quantitative estimate of drug-likeness (QED) is 0.747. The van der Waals surface area contributed by atoms with E-state index in [0.29, 0.717) is 5.56 Å². The van der Waals surface area contributed by atoms with E-state index < -0.39 is 40.3 Å². The number of sulfone groups is 1. The molecule has 0 saturated carbocycles. The van der Waals surface area contributed by atoms with Crippen LogP contribution in [0, 0.1) is 5.82 Å². The summed E-state index contributed by atoms with van der Waals surface area (Å²) >= 11 is 0. The molecule has 1 fully saturated rings. The van der Waals surface area contributed by atoms with Gasteiger partial charge in [0.1, 0.15) is 17.6 Å². The number of rotatable bonds is 4. The molecule has 10 heteroatoms. The van der Waals surface area contributed by atoms with E-state index in [9.17, 15) is 26.0 Å². The van der Waals surface area contributed by atoms with Crippen LogP contribution in [0.1, 0.15) is 18.0 Å². The van der Waals surface area contributed by atoms with Crippen molar-refractivity contribution in [1.82, 2.24) is 10.6 Å². The van der Waals surface area contributed by atoms with Gasteiger partial charge < -0.3 is 4.74 Å². The fourth-order valence-corrected chi connectivity index (χ4v) is 3.54. The first-order valence-corrected chi connectivity index (χ1v) is 10.2. The van der Waals surface area contributed by atoms with Gasteiger partial charge in [-0.25, -0.2) is 12.8 Å². The number of ether oxygens (including phenoxy) is 1. The van der Waals surface area contributed by atoms with Crippen molar-refractivity contribution in [2.45, 2.75) is 35.9 Å². The lowest BCUT2D eigenvalue weighted by Gasteiger charge is -2.38. The van der Waals surface area contributed by atoms with Crippen molar-refractivity contribution in [1.29, 1.82) is 0 Å². The van der Waals surface area contributed by atoms with Gasteiger partial charge in [0.15, 0.2) is 9.84 Å². The highest BCUT2D eigenvalue weighted by Gasteiger charge is 2.45. The van der Waals surface area contributed by atoms with Crippen LogP contribution < -0.4 is 15.4 Å². The van der Waals surface area contributed by atoms with Gasteiger partial charge in [-0.2, -0.15) is 13.2 Å². The first-order chi connectivity index (χ1) is 13.0. The fraction of sp³-hybridized carbons (Fsp3) is 0.333. The number of hydrogen-bond acceptors (Lipinski definition) is 5. The Morgan fingerprint density at radius 1 is 1.00 bits per heavy atom. The van der Waals surface area contributed by atoms with Crippen molar-refractivity contribution in [3.8, 4) is 5.75 Å². The van der Waals surface area contributed by atoms with Gasteiger partial charge in [0.05, 0.1) is 4.90 Å². The Morgan fingerprint density at radius 3 is 2.14 bits per heavy atom. The van der Waals surface area contributed by atoms with Crippen molar-refractivity contribution in [3.63, 3.8) is 0 Å². The van der Waals surface area contributed by atoms with Crippen molar-refractivity contribution >= 4 is 9.84 Å². The third kappa shape index (κ3) is 5.00. The Hall–Kier alpha value is -2.17. The molecule has 0 amide bonds. The second-order valence-electron chi connectivity index (χ2n) is 6.51. The van der Waals surface area contributed by atoms with Crippen LogP contribution in [0.15, 0.2) is 53.4 Å². The van der Waals surface area contributed by atoms with Crippen LogP contribution in [0.25, 0.3) is 0 Å². The second-order valence-corrected chi connectivity index (χ2v) is 8.52. The third-order valence-electron chi connectivity index (χ3n) is 4.35. The third-order valence-corrected chi connectivity index (χ3v) is 5.48. The maximum atomic E-state index is 13.3. The summed E-state index contributed by atoms with van der Waals surface area (Å²) in [6, 6.07) is 7.99. The lowest BCUT2D eigenvalue weighted by Crippen LogP contribution is -2.61. The zero-order valence-electron chi connectivity index (χ0n) is 14.7. The van der Waals surface area contributed by atoms with Crippen LogP contribution in [0.4, 0.5) is 17.6 Å². The zero-order chi connectivity index (χ0) is 20.5. The molecule has 3 unspecified atom stereocenters. The molecular formula is C18H18F4N2O3S. The van der Waals surface area contributed by atoms with E-state index in [1.165, 1.54) is 36.4 Å². The highest BCUT2D eigenvalue weighted by Crippen LogP contribution is 2.32. The van der Waals surface area contributed by atoms with E-state index in [4.69, 9.17) is 4.74 Å². The van der Waals surface area contributed by atoms with E-state index in [2.05, 4.69) is 10.6 Å². The summed E-state index contributed by atoms with van der Waals surface area (Å²) < 4.78 is 81.6. The van der Waals surface area contributed by atoms with Gasteiger partial charge in [0.2, 0.25) is 6.35 Å². The number of alkyl halides is 3. The van der Waals surface area contributed by atoms with E-state index in [0.717, 1.165) is 18.4 Å². The molecule has 2 aromatic rings. The van der Waals surface area contributed by atoms with Gasteiger partial charge in [-0.15, -0.1) is 0 Å². The molecular weight excluding hydrogens is 400 g/mol. The van der Waals surface area contributed by atoms with Gasteiger partial charge in [-0.05, 0) is 48.4 Å². The Kier molecular flexibility index (Phi) is 5.64. The van der Waals surface area contributed by atoms with Gasteiger partial charge in [-0.3, -0.25) is 10.6 Å². The minimum absolute atomic E-state index is 0.0802. The molecule has 0 aromatic heterocycles. The molecule has 5 nitrogen and oxygen atoms in total. The average molecular weight is 418 g/mol. The Bertz CT molecular complexity index is 915. The van der Waals surface area contributed by atoms with E-state index in [1.807, 2.05) is 0 Å². The number of benzene rings is 2. The highest BCUT2D eigenvalue weighted by molar-refractivity contribution is 7.90.